The summed E-state index contributed by atoms with van der Waals surface area (Å²) in [6, 6.07) is 8.65. The van der Waals surface area contributed by atoms with Crippen LogP contribution in [0, 0.1) is 5.82 Å². The summed E-state index contributed by atoms with van der Waals surface area (Å²) in [5, 5.41) is 11.0. The van der Waals surface area contributed by atoms with Gasteiger partial charge in [-0.05, 0) is 35.9 Å². The van der Waals surface area contributed by atoms with Crippen molar-refractivity contribution in [1.82, 2.24) is 15.0 Å². The molecule has 2 aromatic carbocycles. The number of anilines is 1. The average Bonchev–Trinajstić information content (AvgIpc) is 3.00. The normalized spacial score (nSPS) is 13.7. The molecule has 0 aliphatic carbocycles. The summed E-state index contributed by atoms with van der Waals surface area (Å²) in [5.41, 5.74) is 8.06. The Hall–Kier alpha value is -2.77. The molecule has 0 amide bonds. The highest BCUT2D eigenvalue weighted by molar-refractivity contribution is 5.83. The van der Waals surface area contributed by atoms with E-state index in [-0.39, 0.29) is 12.4 Å². The van der Waals surface area contributed by atoms with Gasteiger partial charge in [-0.3, -0.25) is 4.98 Å². The van der Waals surface area contributed by atoms with Gasteiger partial charge in [0.25, 0.3) is 0 Å². The molecule has 4 rings (SSSR count). The van der Waals surface area contributed by atoms with Crippen LogP contribution in [0.5, 0.6) is 5.75 Å². The lowest BCUT2D eigenvalue weighted by Crippen LogP contribution is -2.26. The first-order valence-corrected chi connectivity index (χ1v) is 7.94. The third kappa shape index (κ3) is 2.88. The number of nitrogens with one attached hydrogen (secondary N) is 1. The molecule has 0 fully saturated rings. The molecule has 128 valence electrons. The van der Waals surface area contributed by atoms with Gasteiger partial charge in [0.15, 0.2) is 11.6 Å². The summed E-state index contributed by atoms with van der Waals surface area (Å²) in [4.78, 5) is 9.08. The molecule has 1 aliphatic rings. The van der Waals surface area contributed by atoms with Gasteiger partial charge in [0, 0.05) is 18.7 Å². The minimum Gasteiger partial charge on any atom is -0.494 e. The van der Waals surface area contributed by atoms with Gasteiger partial charge < -0.3 is 15.3 Å². The van der Waals surface area contributed by atoms with Crippen LogP contribution in [0.15, 0.2) is 36.5 Å². The van der Waals surface area contributed by atoms with Crippen molar-refractivity contribution < 1.29 is 14.2 Å². The lowest BCUT2D eigenvalue weighted by atomic mass is 10.1. The maximum atomic E-state index is 13.9. The number of nitrogens with zero attached hydrogens (tertiary/aromatic N) is 3. The fourth-order valence-corrected chi connectivity index (χ4v) is 2.97. The maximum Gasteiger partial charge on any atom is 0.165 e. The number of hydrogen-bond acceptors (Lipinski definition) is 6. The molecule has 0 unspecified atom stereocenters. The molecule has 1 aliphatic heterocycles. The van der Waals surface area contributed by atoms with E-state index in [1.165, 1.54) is 13.2 Å². The quantitative estimate of drug-likeness (QED) is 0.761. The second kappa shape index (κ2) is 6.27. The van der Waals surface area contributed by atoms with Gasteiger partial charge in [-0.1, -0.05) is 0 Å². The molecule has 1 aromatic heterocycles. The summed E-state index contributed by atoms with van der Waals surface area (Å²) in [5.74, 6) is -0.231. The van der Waals surface area contributed by atoms with Crippen molar-refractivity contribution in [2.24, 2.45) is 0 Å². The maximum absolute atomic E-state index is 13.9. The Morgan fingerprint density at radius 3 is 2.92 bits per heavy atom. The topological polar surface area (TPSA) is 70.5 Å². The Bertz CT molecular complexity index is 948. The summed E-state index contributed by atoms with van der Waals surface area (Å²) >= 11 is 0. The van der Waals surface area contributed by atoms with Crippen LogP contribution < -0.4 is 10.2 Å². The highest BCUT2D eigenvalue weighted by atomic mass is 19.1. The van der Waals surface area contributed by atoms with E-state index in [1.54, 1.807) is 18.3 Å². The monoisotopic (exact) mass is 340 g/mol. The third-order valence-corrected chi connectivity index (χ3v) is 4.22. The van der Waals surface area contributed by atoms with E-state index >= 15 is 0 Å². The molecular weight excluding hydrogens is 323 g/mol. The number of aliphatic hydroxyl groups is 1. The Labute approximate surface area is 143 Å². The predicted octanol–water partition coefficient (Wildman–Crippen LogP) is 2.58. The Morgan fingerprint density at radius 1 is 1.28 bits per heavy atom. The molecule has 0 saturated heterocycles. The zero-order valence-corrected chi connectivity index (χ0v) is 13.7. The van der Waals surface area contributed by atoms with Gasteiger partial charge in [0.05, 0.1) is 42.3 Å². The van der Waals surface area contributed by atoms with Gasteiger partial charge in [0.1, 0.15) is 0 Å². The Morgan fingerprint density at radius 2 is 2.16 bits per heavy atom. The molecule has 0 spiro atoms. The molecule has 0 bridgehead atoms. The smallest absolute Gasteiger partial charge is 0.165 e. The van der Waals surface area contributed by atoms with Crippen molar-refractivity contribution in [2.45, 2.75) is 6.54 Å². The van der Waals surface area contributed by atoms with E-state index in [2.05, 4.69) is 15.4 Å². The zero-order chi connectivity index (χ0) is 17.4. The number of β-amino-alcohol motifs (C(OH)–C–C–N with tert-alkyl or cyclic N) is 1. The number of ether oxygens (including phenoxy) is 1. The highest BCUT2D eigenvalue weighted by Crippen LogP contribution is 2.30. The Kier molecular flexibility index (Phi) is 3.95. The molecule has 3 aromatic rings. The highest BCUT2D eigenvalue weighted by Gasteiger charge is 2.19. The molecule has 0 radical (unpaired) electrons. The molecular formula is C18H17FN4O2. The molecule has 25 heavy (non-hydrogen) atoms. The number of aliphatic hydroxyl groups excluding tert-OH is 1. The molecule has 0 saturated carbocycles. The van der Waals surface area contributed by atoms with Crippen LogP contribution in [-0.2, 0) is 6.54 Å². The minimum absolute atomic E-state index is 0.0875. The van der Waals surface area contributed by atoms with E-state index in [9.17, 15) is 4.39 Å². The zero-order valence-electron chi connectivity index (χ0n) is 13.7. The summed E-state index contributed by atoms with van der Waals surface area (Å²) in [7, 11) is 1.43. The van der Waals surface area contributed by atoms with Crippen LogP contribution >= 0.6 is 0 Å². The van der Waals surface area contributed by atoms with Crippen molar-refractivity contribution in [2.75, 3.05) is 25.7 Å². The van der Waals surface area contributed by atoms with Crippen LogP contribution in [0.4, 0.5) is 10.1 Å². The molecule has 7 heteroatoms. The fourth-order valence-electron chi connectivity index (χ4n) is 2.97. The van der Waals surface area contributed by atoms with Crippen molar-refractivity contribution in [3.63, 3.8) is 0 Å². The fraction of sp³-hybridized carbons (Fsp3) is 0.222. The Balaban J connectivity index is 1.72. The first-order valence-electron chi connectivity index (χ1n) is 7.94. The first kappa shape index (κ1) is 15.7. The number of benzene rings is 2. The van der Waals surface area contributed by atoms with Crippen molar-refractivity contribution in [3.8, 4) is 17.0 Å². The number of methoxy groups -OCH3 is 1. The number of rotatable bonds is 4. The second-order valence-electron chi connectivity index (χ2n) is 5.86. The summed E-state index contributed by atoms with van der Waals surface area (Å²) < 4.78 is 18.9. The van der Waals surface area contributed by atoms with Crippen LogP contribution in [0.2, 0.25) is 0 Å². The molecule has 2 heterocycles. The molecule has 6 nitrogen and oxygen atoms in total. The van der Waals surface area contributed by atoms with E-state index in [0.717, 1.165) is 22.3 Å². The predicted molar refractivity (Wildman–Crippen MR) is 92.6 cm³/mol. The SMILES string of the molecule is COc1ccc(-c2cnc3cc4c(cc3n2)CN(CCO)N4)cc1F. The largest absolute Gasteiger partial charge is 0.494 e. The van der Waals surface area contributed by atoms with Crippen LogP contribution in [-0.4, -0.2) is 40.3 Å². The third-order valence-electron chi connectivity index (χ3n) is 4.22. The van der Waals surface area contributed by atoms with Crippen LogP contribution in [0.1, 0.15) is 5.56 Å². The molecule has 0 atom stereocenters. The number of halogens is 1. The minimum atomic E-state index is -0.431. The van der Waals surface area contributed by atoms with Gasteiger partial charge in [0.2, 0.25) is 0 Å². The average molecular weight is 340 g/mol. The van der Waals surface area contributed by atoms with Crippen molar-refractivity contribution in [3.05, 3.63) is 47.9 Å². The number of fused-ring (bicyclic) bond motifs is 2. The van der Waals surface area contributed by atoms with E-state index < -0.39 is 5.82 Å². The summed E-state index contributed by atoms with van der Waals surface area (Å²) in [6.45, 7) is 1.32. The number of aromatic nitrogens is 2. The lowest BCUT2D eigenvalue weighted by molar-refractivity contribution is 0.223. The van der Waals surface area contributed by atoms with Gasteiger partial charge in [-0.25, -0.2) is 14.4 Å². The van der Waals surface area contributed by atoms with Gasteiger partial charge >= 0.3 is 0 Å². The van der Waals surface area contributed by atoms with Crippen LogP contribution in [0.3, 0.4) is 0 Å². The lowest BCUT2D eigenvalue weighted by Gasteiger charge is -2.13. The number of hydrazine groups is 1. The van der Waals surface area contributed by atoms with Crippen molar-refractivity contribution >= 4 is 16.7 Å². The standard InChI is InChI=1S/C18H17FN4O2/c1-25-18-3-2-11(6-13(18)19)17-9-20-15-8-14-12(7-16(15)21-17)10-23(22-14)4-5-24/h2-3,6-9,22,24H,4-5,10H2,1H3. The van der Waals surface area contributed by atoms with Gasteiger partial charge in [-0.15, -0.1) is 0 Å². The van der Waals surface area contributed by atoms with E-state index in [1.807, 2.05) is 17.1 Å². The van der Waals surface area contributed by atoms with E-state index in [0.29, 0.717) is 24.3 Å². The van der Waals surface area contributed by atoms with Crippen molar-refractivity contribution in [1.29, 1.82) is 0 Å². The number of hydrogen-bond donors (Lipinski definition) is 2. The van der Waals surface area contributed by atoms with E-state index in [4.69, 9.17) is 9.84 Å². The van der Waals surface area contributed by atoms with Crippen LogP contribution in [0.25, 0.3) is 22.3 Å². The first-order chi connectivity index (χ1) is 12.2. The summed E-state index contributed by atoms with van der Waals surface area (Å²) in [6.07, 6.45) is 1.64. The molecule has 2 N–H and O–H groups in total. The van der Waals surface area contributed by atoms with Gasteiger partial charge in [-0.2, -0.15) is 0 Å². The second-order valence-corrected chi connectivity index (χ2v) is 5.86.